The third-order valence-electron chi connectivity index (χ3n) is 1.75. The molecule has 0 spiro atoms. The second kappa shape index (κ2) is 5.58. The maximum atomic E-state index is 11.5. The van der Waals surface area contributed by atoms with Crippen LogP contribution in [-0.4, -0.2) is 49.5 Å². The number of hydrogen-bond acceptors (Lipinski definition) is 5. The topological polar surface area (TPSA) is 83.5 Å². The predicted molar refractivity (Wildman–Crippen MR) is 58.5 cm³/mol. The van der Waals surface area contributed by atoms with Crippen molar-refractivity contribution in [3.05, 3.63) is 0 Å². The van der Waals surface area contributed by atoms with Gasteiger partial charge in [-0.2, -0.15) is 0 Å². The van der Waals surface area contributed by atoms with Gasteiger partial charge in [-0.15, -0.1) is 0 Å². The van der Waals surface area contributed by atoms with Gasteiger partial charge in [-0.25, -0.2) is 8.42 Å². The smallest absolute Gasteiger partial charge is 0.167 e. The molecule has 0 radical (unpaired) electrons. The van der Waals surface area contributed by atoms with Crippen molar-refractivity contribution in [2.24, 2.45) is 0 Å². The fourth-order valence-electron chi connectivity index (χ4n) is 1.21. The van der Waals surface area contributed by atoms with Crippen molar-refractivity contribution in [2.45, 2.75) is 39.0 Å². The van der Waals surface area contributed by atoms with Gasteiger partial charge in [-0.05, 0) is 6.92 Å². The quantitative estimate of drug-likeness (QED) is 0.641. The molecule has 0 rings (SSSR count). The molecule has 6 heteroatoms. The highest BCUT2D eigenvalue weighted by Crippen LogP contribution is 1.99. The number of carbonyl (C=O) groups excluding carboxylic acids is 1. The Morgan fingerprint density at radius 2 is 1.80 bits per heavy atom. The average molecular weight is 237 g/mol. The number of hydrogen-bond donors (Lipinski definition) is 2. The molecule has 0 fully saturated rings. The molecular weight excluding hydrogens is 218 g/mol. The maximum absolute atomic E-state index is 11.5. The van der Waals surface area contributed by atoms with Crippen LogP contribution >= 0.6 is 0 Å². The van der Waals surface area contributed by atoms with Crippen LogP contribution in [0.1, 0.15) is 20.8 Å². The van der Waals surface area contributed by atoms with E-state index in [1.165, 1.54) is 6.92 Å². The van der Waals surface area contributed by atoms with Crippen LogP contribution in [0.3, 0.4) is 0 Å². The molecule has 0 aliphatic rings. The molecule has 0 saturated heterocycles. The fourth-order valence-corrected chi connectivity index (χ4v) is 1.90. The summed E-state index contributed by atoms with van der Waals surface area (Å²) in [6.45, 7) is 5.10. The summed E-state index contributed by atoms with van der Waals surface area (Å²) in [5.74, 6) is -1.04. The normalized spacial score (nSPS) is 16.4. The van der Waals surface area contributed by atoms with E-state index in [-0.39, 0.29) is 6.04 Å². The minimum Gasteiger partial charge on any atom is -0.391 e. The first-order valence-corrected chi connectivity index (χ1v) is 6.84. The maximum Gasteiger partial charge on any atom is 0.167 e. The van der Waals surface area contributed by atoms with E-state index in [1.807, 2.05) is 13.8 Å². The minimum atomic E-state index is -3.34. The van der Waals surface area contributed by atoms with Crippen LogP contribution in [0.2, 0.25) is 0 Å². The lowest BCUT2D eigenvalue weighted by Gasteiger charge is -2.22. The first kappa shape index (κ1) is 14.5. The molecule has 0 aromatic rings. The van der Waals surface area contributed by atoms with Gasteiger partial charge in [0, 0.05) is 12.3 Å². The van der Waals surface area contributed by atoms with Gasteiger partial charge in [-0.1, -0.05) is 13.8 Å². The Bertz CT molecular complexity index is 308. The molecule has 0 aromatic heterocycles. The number of Topliss-reactive ketones (excluding diaryl/α,β-unsaturated/α-hetero) is 1. The van der Waals surface area contributed by atoms with E-state index in [0.29, 0.717) is 0 Å². The summed E-state index contributed by atoms with van der Waals surface area (Å²) >= 11 is 0. The SMILES string of the molecule is CC(C)N[C@H](C(=O)CS(C)(=O)=O)[C@@H](C)O. The summed E-state index contributed by atoms with van der Waals surface area (Å²) in [6, 6.07) is -0.812. The van der Waals surface area contributed by atoms with Crippen LogP contribution in [0.15, 0.2) is 0 Å². The van der Waals surface area contributed by atoms with Crippen LogP contribution in [0.5, 0.6) is 0 Å². The fraction of sp³-hybridized carbons (Fsp3) is 0.889. The molecule has 0 aliphatic carbocycles. The molecular formula is C9H19NO4S. The van der Waals surface area contributed by atoms with Crippen LogP contribution < -0.4 is 5.32 Å². The van der Waals surface area contributed by atoms with E-state index in [2.05, 4.69) is 5.32 Å². The first-order chi connectivity index (χ1) is 6.63. The van der Waals surface area contributed by atoms with Gasteiger partial charge in [0.25, 0.3) is 0 Å². The van der Waals surface area contributed by atoms with Gasteiger partial charge in [0.05, 0.1) is 12.1 Å². The van der Waals surface area contributed by atoms with Crippen molar-refractivity contribution in [1.29, 1.82) is 0 Å². The van der Waals surface area contributed by atoms with Crippen molar-refractivity contribution in [3.63, 3.8) is 0 Å². The largest absolute Gasteiger partial charge is 0.391 e. The number of nitrogens with one attached hydrogen (secondary N) is 1. The van der Waals surface area contributed by atoms with E-state index in [1.54, 1.807) is 0 Å². The van der Waals surface area contributed by atoms with E-state index in [4.69, 9.17) is 0 Å². The molecule has 0 saturated carbocycles. The van der Waals surface area contributed by atoms with E-state index in [0.717, 1.165) is 6.26 Å². The second-order valence-corrected chi connectivity index (χ2v) is 6.22. The van der Waals surface area contributed by atoms with Crippen molar-refractivity contribution >= 4 is 15.6 Å². The zero-order valence-corrected chi connectivity index (χ0v) is 10.3. The molecule has 90 valence electrons. The molecule has 0 bridgehead atoms. The number of ketones is 1. The van der Waals surface area contributed by atoms with Crippen molar-refractivity contribution in [3.8, 4) is 0 Å². The van der Waals surface area contributed by atoms with E-state index < -0.39 is 33.5 Å². The van der Waals surface area contributed by atoms with Gasteiger partial charge in [-0.3, -0.25) is 4.79 Å². The highest BCUT2D eigenvalue weighted by molar-refractivity contribution is 7.91. The molecule has 5 nitrogen and oxygen atoms in total. The standard InChI is InChI=1S/C9H19NO4S/c1-6(2)10-9(7(3)11)8(12)5-15(4,13)14/h6-7,9-11H,5H2,1-4H3/t7-,9+/m1/s1. The van der Waals surface area contributed by atoms with Crippen LogP contribution in [0.4, 0.5) is 0 Å². The summed E-state index contributed by atoms with van der Waals surface area (Å²) in [6.07, 6.45) is 0.0981. The Labute approximate surface area is 90.8 Å². The molecule has 2 N–H and O–H groups in total. The number of aliphatic hydroxyl groups is 1. The molecule has 15 heavy (non-hydrogen) atoms. The lowest BCUT2D eigenvalue weighted by molar-refractivity contribution is -0.121. The van der Waals surface area contributed by atoms with Crippen molar-refractivity contribution < 1.29 is 18.3 Å². The Balaban J connectivity index is 4.57. The lowest BCUT2D eigenvalue weighted by atomic mass is 10.1. The number of sulfone groups is 1. The van der Waals surface area contributed by atoms with Crippen LogP contribution in [-0.2, 0) is 14.6 Å². The predicted octanol–water partition coefficient (Wildman–Crippen LogP) is -0.652. The number of rotatable bonds is 6. The first-order valence-electron chi connectivity index (χ1n) is 4.78. The molecule has 0 aliphatic heterocycles. The molecule has 2 atom stereocenters. The Morgan fingerprint density at radius 3 is 2.07 bits per heavy atom. The Hall–Kier alpha value is -0.460. The zero-order valence-electron chi connectivity index (χ0n) is 9.52. The van der Waals surface area contributed by atoms with Gasteiger partial charge in [0.15, 0.2) is 15.6 Å². The second-order valence-electron chi connectivity index (χ2n) is 4.08. The summed E-state index contributed by atoms with van der Waals surface area (Å²) in [5.41, 5.74) is 0. The van der Waals surface area contributed by atoms with E-state index >= 15 is 0 Å². The summed E-state index contributed by atoms with van der Waals surface area (Å²) in [5, 5.41) is 12.2. The molecule has 0 unspecified atom stereocenters. The molecule has 0 heterocycles. The number of carbonyl (C=O) groups is 1. The van der Waals surface area contributed by atoms with Gasteiger partial charge in [0.1, 0.15) is 5.75 Å². The highest BCUT2D eigenvalue weighted by atomic mass is 32.2. The molecule has 0 amide bonds. The van der Waals surface area contributed by atoms with Crippen LogP contribution in [0.25, 0.3) is 0 Å². The van der Waals surface area contributed by atoms with Gasteiger partial charge < -0.3 is 10.4 Å². The summed E-state index contributed by atoms with van der Waals surface area (Å²) in [4.78, 5) is 11.5. The van der Waals surface area contributed by atoms with Gasteiger partial charge >= 0.3 is 0 Å². The monoisotopic (exact) mass is 237 g/mol. The van der Waals surface area contributed by atoms with Crippen molar-refractivity contribution in [1.82, 2.24) is 5.32 Å². The third kappa shape index (κ3) is 6.59. The Kier molecular flexibility index (Phi) is 5.41. The third-order valence-corrected chi connectivity index (χ3v) is 2.56. The lowest BCUT2D eigenvalue weighted by Crippen LogP contribution is -2.49. The number of aliphatic hydroxyl groups excluding tert-OH is 1. The van der Waals surface area contributed by atoms with Gasteiger partial charge in [0.2, 0.25) is 0 Å². The summed E-state index contributed by atoms with van der Waals surface area (Å²) < 4.78 is 21.8. The highest BCUT2D eigenvalue weighted by Gasteiger charge is 2.26. The zero-order chi connectivity index (χ0) is 12.2. The Morgan fingerprint density at radius 1 is 1.33 bits per heavy atom. The van der Waals surface area contributed by atoms with Crippen LogP contribution in [0, 0.1) is 0 Å². The average Bonchev–Trinajstić information content (AvgIpc) is 1.95. The molecule has 0 aromatic carbocycles. The summed E-state index contributed by atoms with van der Waals surface area (Å²) in [7, 11) is -3.34. The minimum absolute atomic E-state index is 0.00751. The van der Waals surface area contributed by atoms with Crippen molar-refractivity contribution in [2.75, 3.05) is 12.0 Å². The van der Waals surface area contributed by atoms with E-state index in [9.17, 15) is 18.3 Å².